The quantitative estimate of drug-likeness (QED) is 0.766. The summed E-state index contributed by atoms with van der Waals surface area (Å²) in [6, 6.07) is 4.43. The van der Waals surface area contributed by atoms with Crippen LogP contribution in [-0.4, -0.2) is 23.5 Å². The van der Waals surface area contributed by atoms with Crippen LogP contribution in [0.2, 0.25) is 5.02 Å². The predicted octanol–water partition coefficient (Wildman–Crippen LogP) is 1.39. The summed E-state index contributed by atoms with van der Waals surface area (Å²) < 4.78 is 0. The van der Waals surface area contributed by atoms with Gasteiger partial charge in [0.2, 0.25) is 6.41 Å². The Morgan fingerprint density at radius 2 is 2.31 bits per heavy atom. The Kier molecular flexibility index (Phi) is 4.31. The number of hydrogen-bond donors (Lipinski definition) is 2. The minimum atomic E-state index is -1.08. The monoisotopic (exact) mass is 241 g/mol. The van der Waals surface area contributed by atoms with Crippen molar-refractivity contribution in [2.75, 3.05) is 0 Å². The lowest BCUT2D eigenvalue weighted by atomic mass is 10.0. The summed E-state index contributed by atoms with van der Waals surface area (Å²) in [5.41, 5.74) is 1.71. The van der Waals surface area contributed by atoms with Crippen molar-refractivity contribution in [1.82, 2.24) is 5.32 Å². The number of nitrogens with one attached hydrogen (secondary N) is 1. The van der Waals surface area contributed by atoms with E-state index in [1.807, 2.05) is 13.0 Å². The van der Waals surface area contributed by atoms with Crippen LogP contribution >= 0.6 is 11.6 Å². The molecule has 0 aliphatic rings. The summed E-state index contributed by atoms with van der Waals surface area (Å²) in [6.45, 7) is 1.90. The first-order valence-corrected chi connectivity index (χ1v) is 5.10. The minimum Gasteiger partial charge on any atom is -0.480 e. The lowest BCUT2D eigenvalue weighted by Crippen LogP contribution is -2.37. The highest BCUT2D eigenvalue weighted by Crippen LogP contribution is 2.19. The number of carboxylic acids is 1. The second-order valence-electron chi connectivity index (χ2n) is 3.47. The van der Waals surface area contributed by atoms with Gasteiger partial charge in [-0.05, 0) is 24.1 Å². The summed E-state index contributed by atoms with van der Waals surface area (Å²) in [7, 11) is 0. The molecule has 16 heavy (non-hydrogen) atoms. The number of aryl methyl sites for hydroxylation is 1. The molecule has 0 heterocycles. The smallest absolute Gasteiger partial charge is 0.326 e. The Balaban J connectivity index is 2.84. The van der Waals surface area contributed by atoms with Crippen LogP contribution in [0.4, 0.5) is 0 Å². The Morgan fingerprint density at radius 3 is 2.81 bits per heavy atom. The molecule has 0 saturated carbocycles. The van der Waals surface area contributed by atoms with Crippen LogP contribution in [0.25, 0.3) is 0 Å². The Morgan fingerprint density at radius 1 is 1.62 bits per heavy atom. The fraction of sp³-hybridized carbons (Fsp3) is 0.273. The molecule has 5 heteroatoms. The van der Waals surface area contributed by atoms with E-state index in [-0.39, 0.29) is 6.42 Å². The number of hydrogen-bond acceptors (Lipinski definition) is 2. The van der Waals surface area contributed by atoms with Gasteiger partial charge in [-0.1, -0.05) is 23.7 Å². The molecule has 0 aromatic heterocycles. The molecule has 1 aromatic rings. The molecule has 0 spiro atoms. The second-order valence-corrected chi connectivity index (χ2v) is 3.88. The number of aliphatic carboxylic acids is 1. The van der Waals surface area contributed by atoms with Crippen LogP contribution in [0.1, 0.15) is 11.1 Å². The molecule has 0 aliphatic heterocycles. The van der Waals surface area contributed by atoms with E-state index in [1.165, 1.54) is 0 Å². The van der Waals surface area contributed by atoms with Crippen LogP contribution in [-0.2, 0) is 16.0 Å². The van der Waals surface area contributed by atoms with Gasteiger partial charge >= 0.3 is 5.97 Å². The number of amides is 1. The van der Waals surface area contributed by atoms with Gasteiger partial charge in [0.1, 0.15) is 6.04 Å². The standard InChI is InChI=1S/C11H12ClNO3/c1-7-2-3-8(9(12)4-7)5-10(11(15)16)13-6-14/h2-4,6,10H,5H2,1H3,(H,13,14)(H,15,16). The van der Waals surface area contributed by atoms with Crippen molar-refractivity contribution >= 4 is 24.0 Å². The third kappa shape index (κ3) is 3.24. The maximum atomic E-state index is 10.8. The van der Waals surface area contributed by atoms with Gasteiger partial charge in [0.15, 0.2) is 0 Å². The van der Waals surface area contributed by atoms with E-state index in [4.69, 9.17) is 16.7 Å². The van der Waals surface area contributed by atoms with Crippen molar-refractivity contribution in [1.29, 1.82) is 0 Å². The lowest BCUT2D eigenvalue weighted by molar-refractivity contribution is -0.140. The van der Waals surface area contributed by atoms with Crippen LogP contribution in [0.15, 0.2) is 18.2 Å². The van der Waals surface area contributed by atoms with Crippen molar-refractivity contribution in [3.8, 4) is 0 Å². The SMILES string of the molecule is Cc1ccc(CC(NC=O)C(=O)O)c(Cl)c1. The normalized spacial score (nSPS) is 11.9. The van der Waals surface area contributed by atoms with E-state index in [0.29, 0.717) is 17.0 Å². The number of carbonyl (C=O) groups is 2. The summed E-state index contributed by atoms with van der Waals surface area (Å²) in [4.78, 5) is 21.0. The van der Waals surface area contributed by atoms with E-state index in [2.05, 4.69) is 5.32 Å². The maximum Gasteiger partial charge on any atom is 0.326 e. The average Bonchev–Trinajstić information content (AvgIpc) is 2.20. The van der Waals surface area contributed by atoms with Crippen molar-refractivity contribution in [3.63, 3.8) is 0 Å². The predicted molar refractivity (Wildman–Crippen MR) is 60.5 cm³/mol. The third-order valence-electron chi connectivity index (χ3n) is 2.20. The number of benzene rings is 1. The van der Waals surface area contributed by atoms with Gasteiger partial charge in [0.05, 0.1) is 0 Å². The topological polar surface area (TPSA) is 66.4 Å². The van der Waals surface area contributed by atoms with Crippen molar-refractivity contribution < 1.29 is 14.7 Å². The highest BCUT2D eigenvalue weighted by Gasteiger charge is 2.17. The molecule has 1 atom stereocenters. The maximum absolute atomic E-state index is 10.8. The van der Waals surface area contributed by atoms with Crippen LogP contribution in [0.5, 0.6) is 0 Å². The van der Waals surface area contributed by atoms with Crippen molar-refractivity contribution in [3.05, 3.63) is 34.3 Å². The number of halogens is 1. The molecule has 1 unspecified atom stereocenters. The van der Waals surface area contributed by atoms with E-state index in [0.717, 1.165) is 5.56 Å². The minimum absolute atomic E-state index is 0.174. The van der Waals surface area contributed by atoms with Gasteiger partial charge < -0.3 is 10.4 Å². The number of carboxylic acid groups (broad SMARTS) is 1. The fourth-order valence-electron chi connectivity index (χ4n) is 1.34. The highest BCUT2D eigenvalue weighted by atomic mass is 35.5. The number of rotatable bonds is 5. The van der Waals surface area contributed by atoms with Gasteiger partial charge in [0.25, 0.3) is 0 Å². The molecule has 1 rings (SSSR count). The zero-order valence-electron chi connectivity index (χ0n) is 8.74. The lowest BCUT2D eigenvalue weighted by Gasteiger charge is -2.12. The first-order valence-electron chi connectivity index (χ1n) is 4.72. The van der Waals surface area contributed by atoms with Crippen LogP contribution in [0.3, 0.4) is 0 Å². The number of carbonyl (C=O) groups excluding carboxylic acids is 1. The van der Waals surface area contributed by atoms with E-state index >= 15 is 0 Å². The molecule has 0 radical (unpaired) electrons. The Bertz CT molecular complexity index is 406. The van der Waals surface area contributed by atoms with Crippen LogP contribution < -0.4 is 5.32 Å². The highest BCUT2D eigenvalue weighted by molar-refractivity contribution is 6.31. The molecule has 1 aromatic carbocycles. The molecule has 0 fully saturated rings. The molecule has 86 valence electrons. The average molecular weight is 242 g/mol. The molecule has 0 aliphatic carbocycles. The summed E-state index contributed by atoms with van der Waals surface area (Å²) in [5.74, 6) is -1.08. The van der Waals surface area contributed by atoms with E-state index < -0.39 is 12.0 Å². The molecular weight excluding hydrogens is 230 g/mol. The molecule has 1 amide bonds. The molecule has 0 saturated heterocycles. The van der Waals surface area contributed by atoms with Crippen molar-refractivity contribution in [2.45, 2.75) is 19.4 Å². The van der Waals surface area contributed by atoms with Crippen molar-refractivity contribution in [2.24, 2.45) is 0 Å². The first kappa shape index (κ1) is 12.5. The zero-order valence-corrected chi connectivity index (χ0v) is 9.49. The molecular formula is C11H12ClNO3. The summed E-state index contributed by atoms with van der Waals surface area (Å²) in [6.07, 6.45) is 0.550. The fourth-order valence-corrected chi connectivity index (χ4v) is 1.65. The van der Waals surface area contributed by atoms with Gasteiger partial charge in [-0.25, -0.2) is 4.79 Å². The largest absolute Gasteiger partial charge is 0.480 e. The van der Waals surface area contributed by atoms with Gasteiger partial charge in [-0.3, -0.25) is 4.79 Å². The molecule has 2 N–H and O–H groups in total. The third-order valence-corrected chi connectivity index (χ3v) is 2.55. The van der Waals surface area contributed by atoms with Gasteiger partial charge in [-0.15, -0.1) is 0 Å². The van der Waals surface area contributed by atoms with E-state index in [1.54, 1.807) is 12.1 Å². The molecule has 0 bridgehead atoms. The zero-order chi connectivity index (χ0) is 12.1. The second kappa shape index (κ2) is 5.51. The summed E-state index contributed by atoms with van der Waals surface area (Å²) in [5, 5.41) is 11.6. The Hall–Kier alpha value is -1.55. The van der Waals surface area contributed by atoms with Gasteiger partial charge in [0, 0.05) is 11.4 Å². The van der Waals surface area contributed by atoms with Gasteiger partial charge in [-0.2, -0.15) is 0 Å². The molecule has 4 nitrogen and oxygen atoms in total. The Labute approximate surface area is 98.2 Å². The van der Waals surface area contributed by atoms with E-state index in [9.17, 15) is 9.59 Å². The summed E-state index contributed by atoms with van der Waals surface area (Å²) >= 11 is 5.97. The first-order chi connectivity index (χ1) is 7.54. The van der Waals surface area contributed by atoms with Crippen LogP contribution in [0, 0.1) is 6.92 Å².